The van der Waals surface area contributed by atoms with Crippen LogP contribution >= 0.6 is 0 Å². The molecule has 0 spiro atoms. The summed E-state index contributed by atoms with van der Waals surface area (Å²) in [5.74, 6) is -1.32. The van der Waals surface area contributed by atoms with Gasteiger partial charge >= 0.3 is 5.97 Å². The second-order valence-corrected chi connectivity index (χ2v) is 3.33. The molecule has 78 valence electrons. The van der Waals surface area contributed by atoms with Gasteiger partial charge in [-0.15, -0.1) is 0 Å². The minimum atomic E-state index is -1.14. The van der Waals surface area contributed by atoms with E-state index in [4.69, 9.17) is 15.3 Å². The van der Waals surface area contributed by atoms with Crippen molar-refractivity contribution in [2.24, 2.45) is 0 Å². The monoisotopic (exact) mass is 205 g/mol. The quantitative estimate of drug-likeness (QED) is 0.788. The summed E-state index contributed by atoms with van der Waals surface area (Å²) in [5.41, 5.74) is 7.47. The fourth-order valence-corrected chi connectivity index (χ4v) is 1.54. The van der Waals surface area contributed by atoms with Crippen molar-refractivity contribution in [3.8, 4) is 0 Å². The van der Waals surface area contributed by atoms with Crippen LogP contribution in [-0.2, 0) is 6.42 Å². The maximum absolute atomic E-state index is 10.8. The Kier molecular flexibility index (Phi) is 2.11. The first-order valence-electron chi connectivity index (χ1n) is 4.67. The zero-order valence-electron chi connectivity index (χ0n) is 8.28. The van der Waals surface area contributed by atoms with E-state index in [1.165, 1.54) is 0 Å². The van der Waals surface area contributed by atoms with E-state index in [0.29, 0.717) is 11.0 Å². The molecule has 2 rings (SSSR count). The zero-order valence-corrected chi connectivity index (χ0v) is 8.28. The topological polar surface area (TPSA) is 76.5 Å². The molecule has 2 aromatic rings. The third-order valence-electron chi connectivity index (χ3n) is 2.40. The van der Waals surface area contributed by atoms with Crippen LogP contribution in [0.4, 0.5) is 5.69 Å². The lowest BCUT2D eigenvalue weighted by Crippen LogP contribution is -1.98. The first-order chi connectivity index (χ1) is 7.13. The summed E-state index contributed by atoms with van der Waals surface area (Å²) in [4.78, 5) is 10.8. The van der Waals surface area contributed by atoms with Gasteiger partial charge in [-0.2, -0.15) is 0 Å². The molecule has 4 heteroatoms. The molecule has 0 atom stereocenters. The Hall–Kier alpha value is -1.97. The van der Waals surface area contributed by atoms with E-state index >= 15 is 0 Å². The van der Waals surface area contributed by atoms with E-state index in [1.54, 1.807) is 6.07 Å². The average molecular weight is 205 g/mol. The van der Waals surface area contributed by atoms with Crippen LogP contribution in [0.3, 0.4) is 0 Å². The lowest BCUT2D eigenvalue weighted by atomic mass is 10.1. The first kappa shape index (κ1) is 9.58. The number of carboxylic acids is 1. The smallest absolute Gasteiger partial charge is 0.374 e. The van der Waals surface area contributed by atoms with Gasteiger partial charge in [0.2, 0.25) is 5.76 Å². The number of benzene rings is 1. The molecule has 4 nitrogen and oxygen atoms in total. The van der Waals surface area contributed by atoms with Crippen LogP contribution < -0.4 is 5.73 Å². The van der Waals surface area contributed by atoms with Gasteiger partial charge in [0.25, 0.3) is 0 Å². The van der Waals surface area contributed by atoms with E-state index in [0.717, 1.165) is 12.0 Å². The van der Waals surface area contributed by atoms with Crippen LogP contribution in [0, 0.1) is 0 Å². The molecule has 3 N–H and O–H groups in total. The standard InChI is InChI=1S/C11H11NO3/c1-2-6-3-4-7-8(5-6)15-10(9(7)12)11(13)14/h3-5H,2,12H2,1H3,(H,13,14). The molecular formula is C11H11NO3. The van der Waals surface area contributed by atoms with Crippen LogP contribution in [0.15, 0.2) is 22.6 Å². The second kappa shape index (κ2) is 3.31. The molecule has 0 radical (unpaired) electrons. The van der Waals surface area contributed by atoms with Gasteiger partial charge in [-0.3, -0.25) is 0 Å². The summed E-state index contributed by atoms with van der Waals surface area (Å²) in [6, 6.07) is 5.53. The summed E-state index contributed by atoms with van der Waals surface area (Å²) >= 11 is 0. The molecule has 0 aliphatic heterocycles. The minimum absolute atomic E-state index is 0.182. The highest BCUT2D eigenvalue weighted by molar-refractivity contribution is 6.02. The van der Waals surface area contributed by atoms with Crippen LogP contribution in [0.2, 0.25) is 0 Å². The number of hydrogen-bond acceptors (Lipinski definition) is 3. The summed E-state index contributed by atoms with van der Waals surface area (Å²) in [7, 11) is 0. The number of fused-ring (bicyclic) bond motifs is 1. The molecule has 0 bridgehead atoms. The van der Waals surface area contributed by atoms with Crippen molar-refractivity contribution in [1.82, 2.24) is 0 Å². The largest absolute Gasteiger partial charge is 0.475 e. The molecule has 1 aromatic carbocycles. The highest BCUT2D eigenvalue weighted by atomic mass is 16.4. The highest BCUT2D eigenvalue weighted by Gasteiger charge is 2.17. The van der Waals surface area contributed by atoms with Crippen LogP contribution in [-0.4, -0.2) is 11.1 Å². The van der Waals surface area contributed by atoms with Crippen molar-refractivity contribution in [2.75, 3.05) is 5.73 Å². The maximum atomic E-state index is 10.8. The second-order valence-electron chi connectivity index (χ2n) is 3.33. The molecule has 0 aliphatic carbocycles. The summed E-state index contributed by atoms with van der Waals surface area (Å²) in [6.45, 7) is 2.02. The number of nitrogen functional groups attached to an aromatic ring is 1. The van der Waals surface area contributed by atoms with E-state index < -0.39 is 5.97 Å². The van der Waals surface area contributed by atoms with E-state index in [2.05, 4.69) is 0 Å². The maximum Gasteiger partial charge on any atom is 0.374 e. The third kappa shape index (κ3) is 1.44. The number of aryl methyl sites for hydroxylation is 1. The number of rotatable bonds is 2. The number of aromatic carboxylic acids is 1. The lowest BCUT2D eigenvalue weighted by Gasteiger charge is -1.94. The van der Waals surface area contributed by atoms with Gasteiger partial charge in [-0.25, -0.2) is 4.79 Å². The van der Waals surface area contributed by atoms with E-state index in [1.807, 2.05) is 19.1 Å². The number of carboxylic acid groups (broad SMARTS) is 1. The normalized spacial score (nSPS) is 10.7. The van der Waals surface area contributed by atoms with Gasteiger partial charge in [0.15, 0.2) is 0 Å². The van der Waals surface area contributed by atoms with Gasteiger partial charge in [0, 0.05) is 5.39 Å². The Balaban J connectivity index is 2.70. The number of nitrogens with two attached hydrogens (primary N) is 1. The first-order valence-corrected chi connectivity index (χ1v) is 4.67. The van der Waals surface area contributed by atoms with Gasteiger partial charge in [-0.05, 0) is 24.1 Å². The third-order valence-corrected chi connectivity index (χ3v) is 2.40. The Bertz CT molecular complexity index is 528. The lowest BCUT2D eigenvalue weighted by molar-refractivity contribution is 0.0666. The Morgan fingerprint density at radius 1 is 1.53 bits per heavy atom. The number of furan rings is 1. The molecule has 15 heavy (non-hydrogen) atoms. The molecular weight excluding hydrogens is 194 g/mol. The molecule has 0 saturated carbocycles. The van der Waals surface area contributed by atoms with Crippen molar-refractivity contribution in [3.63, 3.8) is 0 Å². The Labute approximate surface area is 86.3 Å². The Morgan fingerprint density at radius 2 is 2.27 bits per heavy atom. The van der Waals surface area contributed by atoms with Crippen LogP contribution in [0.1, 0.15) is 23.0 Å². The summed E-state index contributed by atoms with van der Waals surface area (Å²) in [5, 5.41) is 9.48. The SMILES string of the molecule is CCc1ccc2c(N)c(C(=O)O)oc2c1. The summed E-state index contributed by atoms with van der Waals surface area (Å²) < 4.78 is 5.18. The van der Waals surface area contributed by atoms with Crippen molar-refractivity contribution < 1.29 is 14.3 Å². The fraction of sp³-hybridized carbons (Fsp3) is 0.182. The average Bonchev–Trinajstić information content (AvgIpc) is 2.55. The Morgan fingerprint density at radius 3 is 2.87 bits per heavy atom. The van der Waals surface area contributed by atoms with Gasteiger partial charge < -0.3 is 15.3 Å². The fourth-order valence-electron chi connectivity index (χ4n) is 1.54. The molecule has 0 saturated heterocycles. The predicted octanol–water partition coefficient (Wildman–Crippen LogP) is 2.28. The summed E-state index contributed by atoms with van der Waals surface area (Å²) in [6.07, 6.45) is 0.874. The minimum Gasteiger partial charge on any atom is -0.475 e. The molecule has 1 aromatic heterocycles. The van der Waals surface area contributed by atoms with E-state index in [-0.39, 0.29) is 11.4 Å². The van der Waals surface area contributed by atoms with Gasteiger partial charge in [0.1, 0.15) is 5.58 Å². The molecule has 0 aliphatic rings. The predicted molar refractivity (Wildman–Crippen MR) is 57.0 cm³/mol. The van der Waals surface area contributed by atoms with Gasteiger partial charge in [-0.1, -0.05) is 13.0 Å². The molecule has 0 unspecified atom stereocenters. The number of hydrogen-bond donors (Lipinski definition) is 2. The molecule has 0 amide bonds. The van der Waals surface area contributed by atoms with Gasteiger partial charge in [0.05, 0.1) is 5.69 Å². The van der Waals surface area contributed by atoms with Crippen molar-refractivity contribution in [2.45, 2.75) is 13.3 Å². The number of carbonyl (C=O) groups is 1. The highest BCUT2D eigenvalue weighted by Crippen LogP contribution is 2.29. The molecule has 1 heterocycles. The van der Waals surface area contributed by atoms with Crippen molar-refractivity contribution in [1.29, 1.82) is 0 Å². The van der Waals surface area contributed by atoms with Crippen molar-refractivity contribution >= 4 is 22.6 Å². The molecule has 0 fully saturated rings. The zero-order chi connectivity index (χ0) is 11.0. The van der Waals surface area contributed by atoms with Crippen molar-refractivity contribution in [3.05, 3.63) is 29.5 Å². The van der Waals surface area contributed by atoms with Crippen LogP contribution in [0.25, 0.3) is 11.0 Å². The number of anilines is 1. The van der Waals surface area contributed by atoms with Crippen LogP contribution in [0.5, 0.6) is 0 Å². The van der Waals surface area contributed by atoms with E-state index in [9.17, 15) is 4.79 Å².